The molecule has 0 aliphatic rings. The van der Waals surface area contributed by atoms with Gasteiger partial charge in [-0.05, 0) is 50.8 Å². The fourth-order valence-electron chi connectivity index (χ4n) is 2.23. The second kappa shape index (κ2) is 8.73. The van der Waals surface area contributed by atoms with Crippen molar-refractivity contribution in [3.8, 4) is 11.5 Å². The van der Waals surface area contributed by atoms with Crippen LogP contribution in [0.25, 0.3) is 0 Å². The van der Waals surface area contributed by atoms with Crippen LogP contribution >= 0.6 is 12.0 Å². The number of methoxy groups -OCH3 is 1. The molecule has 0 saturated carbocycles. The van der Waals surface area contributed by atoms with Gasteiger partial charge in [-0.15, -0.1) is 0 Å². The lowest BCUT2D eigenvalue weighted by molar-refractivity contribution is -0.136. The average molecular weight is 324 g/mol. The summed E-state index contributed by atoms with van der Waals surface area (Å²) >= 11 is 1.31. The van der Waals surface area contributed by atoms with E-state index >= 15 is 0 Å². The van der Waals surface area contributed by atoms with Crippen LogP contribution in [0.5, 0.6) is 11.5 Å². The highest BCUT2D eigenvalue weighted by atomic mass is 32.2. The zero-order chi connectivity index (χ0) is 16.7. The van der Waals surface area contributed by atoms with Gasteiger partial charge in [-0.25, -0.2) is 0 Å². The Balaban J connectivity index is 3.02. The number of hydrogen-bond acceptors (Lipinski definition) is 4. The largest absolute Gasteiger partial charge is 0.496 e. The molecule has 0 aliphatic heterocycles. The van der Waals surface area contributed by atoms with Gasteiger partial charge in [-0.3, -0.25) is 4.79 Å². The minimum atomic E-state index is -0.771. The highest BCUT2D eigenvalue weighted by Crippen LogP contribution is 2.35. The third kappa shape index (κ3) is 4.98. The number of carboxylic acids is 1. The number of hydrogen-bond donors (Lipinski definition) is 1. The van der Waals surface area contributed by atoms with E-state index in [1.165, 1.54) is 12.0 Å². The third-order valence-electron chi connectivity index (χ3n) is 3.65. The summed E-state index contributed by atoms with van der Waals surface area (Å²) in [5.74, 6) is 0.942. The standard InChI is InChI=1S/C17H24O4S/c1-11(7-9-16(18)19)6-8-14-10-15(21-22-5)12(2)13(3)17(14)20-4/h6,10H,7-9H2,1-5H3,(H,18,19)/b11-6+. The van der Waals surface area contributed by atoms with Crippen molar-refractivity contribution in [2.45, 2.75) is 40.0 Å². The van der Waals surface area contributed by atoms with E-state index in [9.17, 15) is 4.79 Å². The van der Waals surface area contributed by atoms with Gasteiger partial charge >= 0.3 is 5.97 Å². The zero-order valence-corrected chi connectivity index (χ0v) is 14.7. The minimum absolute atomic E-state index is 0.160. The molecule has 0 heterocycles. The van der Waals surface area contributed by atoms with Gasteiger partial charge in [0.25, 0.3) is 0 Å². The first kappa shape index (κ1) is 18.4. The monoisotopic (exact) mass is 324 g/mol. The van der Waals surface area contributed by atoms with Crippen LogP contribution in [-0.4, -0.2) is 24.4 Å². The van der Waals surface area contributed by atoms with E-state index < -0.39 is 5.97 Å². The summed E-state index contributed by atoms with van der Waals surface area (Å²) in [7, 11) is 1.67. The quantitative estimate of drug-likeness (QED) is 0.570. The molecular weight excluding hydrogens is 300 g/mol. The summed E-state index contributed by atoms with van der Waals surface area (Å²) < 4.78 is 11.1. The highest BCUT2D eigenvalue weighted by Gasteiger charge is 2.14. The molecular formula is C17H24O4S. The zero-order valence-electron chi connectivity index (χ0n) is 13.9. The van der Waals surface area contributed by atoms with E-state index in [4.69, 9.17) is 14.0 Å². The van der Waals surface area contributed by atoms with Crippen molar-refractivity contribution in [2.75, 3.05) is 13.4 Å². The topological polar surface area (TPSA) is 55.8 Å². The van der Waals surface area contributed by atoms with Crippen LogP contribution in [0.15, 0.2) is 17.7 Å². The molecule has 0 amide bonds. The smallest absolute Gasteiger partial charge is 0.303 e. The van der Waals surface area contributed by atoms with E-state index in [-0.39, 0.29) is 6.42 Å². The van der Waals surface area contributed by atoms with Crippen LogP contribution in [-0.2, 0) is 11.2 Å². The van der Waals surface area contributed by atoms with E-state index in [1.54, 1.807) is 7.11 Å². The number of ether oxygens (including phenoxy) is 1. The predicted molar refractivity (Wildman–Crippen MR) is 90.9 cm³/mol. The number of benzene rings is 1. The first-order valence-electron chi connectivity index (χ1n) is 7.15. The van der Waals surface area contributed by atoms with Gasteiger partial charge in [-0.1, -0.05) is 11.6 Å². The molecule has 0 aromatic heterocycles. The SMILES string of the molecule is COc1c(C/C=C(\C)CCC(=O)O)cc(OSC)c(C)c1C. The Labute approximate surface area is 136 Å². The summed E-state index contributed by atoms with van der Waals surface area (Å²) in [5.41, 5.74) is 4.25. The van der Waals surface area contributed by atoms with Crippen molar-refractivity contribution in [3.63, 3.8) is 0 Å². The molecule has 0 bridgehead atoms. The van der Waals surface area contributed by atoms with Gasteiger partial charge in [-0.2, -0.15) is 0 Å². The molecule has 0 fully saturated rings. The summed E-state index contributed by atoms with van der Waals surface area (Å²) in [6.45, 7) is 5.99. The number of carboxylic acid groups (broad SMARTS) is 1. The van der Waals surface area contributed by atoms with Crippen molar-refractivity contribution >= 4 is 18.0 Å². The van der Waals surface area contributed by atoms with Crippen LogP contribution < -0.4 is 8.92 Å². The first-order valence-corrected chi connectivity index (χ1v) is 8.30. The van der Waals surface area contributed by atoms with Crippen molar-refractivity contribution in [2.24, 2.45) is 0 Å². The van der Waals surface area contributed by atoms with Gasteiger partial charge in [0.15, 0.2) is 0 Å². The summed E-state index contributed by atoms with van der Waals surface area (Å²) in [6.07, 6.45) is 5.36. The number of allylic oxidation sites excluding steroid dienone is 2. The summed E-state index contributed by atoms with van der Waals surface area (Å²) in [5, 5.41) is 8.73. The maximum Gasteiger partial charge on any atom is 0.303 e. The van der Waals surface area contributed by atoms with Gasteiger partial charge in [0.2, 0.25) is 0 Å². The molecule has 0 saturated heterocycles. The third-order valence-corrected chi connectivity index (χ3v) is 4.00. The molecule has 4 nitrogen and oxygen atoms in total. The second-order valence-corrected chi connectivity index (χ2v) is 5.72. The first-order chi connectivity index (χ1) is 10.4. The molecule has 0 unspecified atom stereocenters. The van der Waals surface area contributed by atoms with Gasteiger partial charge < -0.3 is 14.0 Å². The molecule has 1 rings (SSSR count). The Kier molecular flexibility index (Phi) is 7.32. The lowest BCUT2D eigenvalue weighted by atomic mass is 9.99. The molecule has 1 N–H and O–H groups in total. The fraction of sp³-hybridized carbons (Fsp3) is 0.471. The molecule has 122 valence electrons. The van der Waals surface area contributed by atoms with Crippen LogP contribution in [0, 0.1) is 13.8 Å². The van der Waals surface area contributed by atoms with Crippen LogP contribution in [0.1, 0.15) is 36.5 Å². The number of rotatable bonds is 8. The Morgan fingerprint density at radius 1 is 1.32 bits per heavy atom. The fourth-order valence-corrected chi connectivity index (χ4v) is 2.58. The summed E-state index contributed by atoms with van der Waals surface area (Å²) in [6, 6.07) is 2.00. The van der Waals surface area contributed by atoms with E-state index in [1.807, 2.05) is 33.1 Å². The Bertz CT molecular complexity index is 564. The van der Waals surface area contributed by atoms with Crippen LogP contribution in [0.3, 0.4) is 0 Å². The molecule has 5 heteroatoms. The van der Waals surface area contributed by atoms with E-state index in [0.717, 1.165) is 33.8 Å². The maximum atomic E-state index is 10.6. The van der Waals surface area contributed by atoms with E-state index in [2.05, 4.69) is 6.08 Å². The normalized spacial score (nSPS) is 11.4. The van der Waals surface area contributed by atoms with Crippen LogP contribution in [0.2, 0.25) is 0 Å². The van der Waals surface area contributed by atoms with Gasteiger partial charge in [0.05, 0.1) is 19.2 Å². The lowest BCUT2D eigenvalue weighted by Gasteiger charge is -2.16. The average Bonchev–Trinajstić information content (AvgIpc) is 2.48. The van der Waals surface area contributed by atoms with Gasteiger partial charge in [0, 0.05) is 18.2 Å². The molecule has 1 aromatic rings. The molecule has 0 spiro atoms. The van der Waals surface area contributed by atoms with Crippen LogP contribution in [0.4, 0.5) is 0 Å². The number of aliphatic carboxylic acids is 1. The van der Waals surface area contributed by atoms with Crippen molar-refractivity contribution < 1.29 is 18.8 Å². The second-order valence-electron chi connectivity index (χ2n) is 5.22. The summed E-state index contributed by atoms with van der Waals surface area (Å²) in [4.78, 5) is 10.6. The van der Waals surface area contributed by atoms with Crippen molar-refractivity contribution in [1.82, 2.24) is 0 Å². The van der Waals surface area contributed by atoms with Crippen molar-refractivity contribution in [3.05, 3.63) is 34.4 Å². The maximum absolute atomic E-state index is 10.6. The van der Waals surface area contributed by atoms with Crippen molar-refractivity contribution in [1.29, 1.82) is 0 Å². The Hall–Kier alpha value is -1.62. The Morgan fingerprint density at radius 3 is 2.55 bits per heavy atom. The minimum Gasteiger partial charge on any atom is -0.496 e. The Morgan fingerprint density at radius 2 is 2.00 bits per heavy atom. The molecule has 1 aromatic carbocycles. The molecule has 0 aliphatic carbocycles. The lowest BCUT2D eigenvalue weighted by Crippen LogP contribution is -1.99. The van der Waals surface area contributed by atoms with E-state index in [0.29, 0.717) is 12.8 Å². The molecule has 0 atom stereocenters. The molecule has 22 heavy (non-hydrogen) atoms. The highest BCUT2D eigenvalue weighted by molar-refractivity contribution is 7.94. The predicted octanol–water partition coefficient (Wildman–Crippen LogP) is 4.32. The van der Waals surface area contributed by atoms with Gasteiger partial charge in [0.1, 0.15) is 11.5 Å². The molecule has 0 radical (unpaired) electrons. The number of carbonyl (C=O) groups is 1.